The van der Waals surface area contributed by atoms with Crippen LogP contribution in [0.2, 0.25) is 5.02 Å². The molecule has 0 bridgehead atoms. The number of hydrogen-bond donors (Lipinski definition) is 2. The molecule has 2 aromatic carbocycles. The maximum absolute atomic E-state index is 13.7. The standard InChI is InChI=1S/C18H18ClFN2O2.ClH/c19-13-3-1-12(2-4-13)16-9-14(20)5-6-17(16)22-18(23)10-15-11-24-8-7-21-15;/h1-6,9,15,21H,7-8,10-11H2,(H,22,23);1H. The molecule has 0 radical (unpaired) electrons. The Morgan fingerprint density at radius 3 is 2.72 bits per heavy atom. The van der Waals surface area contributed by atoms with Crippen LogP contribution in [0.4, 0.5) is 10.1 Å². The Morgan fingerprint density at radius 1 is 1.28 bits per heavy atom. The lowest BCUT2D eigenvalue weighted by molar-refractivity contribution is -0.117. The highest BCUT2D eigenvalue weighted by atomic mass is 35.5. The van der Waals surface area contributed by atoms with Crippen LogP contribution in [0.1, 0.15) is 6.42 Å². The zero-order chi connectivity index (χ0) is 16.9. The predicted molar refractivity (Wildman–Crippen MR) is 100.0 cm³/mol. The molecule has 2 aromatic rings. The molecular weight excluding hydrogens is 366 g/mol. The summed E-state index contributed by atoms with van der Waals surface area (Å²) in [6, 6.07) is 11.4. The van der Waals surface area contributed by atoms with Gasteiger partial charge in [-0.15, -0.1) is 12.4 Å². The van der Waals surface area contributed by atoms with Crippen molar-refractivity contribution >= 4 is 35.6 Å². The van der Waals surface area contributed by atoms with Gasteiger partial charge in [-0.25, -0.2) is 4.39 Å². The lowest BCUT2D eigenvalue weighted by Gasteiger charge is -2.23. The Kier molecular flexibility index (Phi) is 7.20. The minimum absolute atomic E-state index is 0. The third-order valence-corrected chi connectivity index (χ3v) is 4.09. The molecule has 3 rings (SSSR count). The van der Waals surface area contributed by atoms with Gasteiger partial charge in [0, 0.05) is 35.3 Å². The van der Waals surface area contributed by atoms with Gasteiger partial charge in [0.05, 0.1) is 13.2 Å². The second kappa shape index (κ2) is 9.15. The van der Waals surface area contributed by atoms with Gasteiger partial charge in [0.2, 0.25) is 5.91 Å². The van der Waals surface area contributed by atoms with E-state index in [-0.39, 0.29) is 30.2 Å². The third kappa shape index (κ3) is 5.41. The highest BCUT2D eigenvalue weighted by molar-refractivity contribution is 6.30. The van der Waals surface area contributed by atoms with Crippen molar-refractivity contribution in [3.05, 3.63) is 53.3 Å². The monoisotopic (exact) mass is 384 g/mol. The van der Waals surface area contributed by atoms with E-state index in [1.54, 1.807) is 30.3 Å². The van der Waals surface area contributed by atoms with Crippen LogP contribution < -0.4 is 10.6 Å². The van der Waals surface area contributed by atoms with Crippen molar-refractivity contribution in [2.75, 3.05) is 25.1 Å². The number of amides is 1. The molecule has 1 heterocycles. The van der Waals surface area contributed by atoms with Crippen molar-refractivity contribution < 1.29 is 13.9 Å². The number of halogens is 3. The average Bonchev–Trinajstić information content (AvgIpc) is 2.58. The second-order valence-electron chi connectivity index (χ2n) is 5.68. The van der Waals surface area contributed by atoms with Crippen molar-refractivity contribution in [2.24, 2.45) is 0 Å². The van der Waals surface area contributed by atoms with Crippen LogP contribution in [-0.4, -0.2) is 31.7 Å². The number of anilines is 1. The van der Waals surface area contributed by atoms with E-state index in [1.807, 2.05) is 0 Å². The van der Waals surface area contributed by atoms with Gasteiger partial charge in [-0.3, -0.25) is 4.79 Å². The number of carbonyl (C=O) groups excluding carboxylic acids is 1. The molecule has 0 spiro atoms. The highest BCUT2D eigenvalue weighted by Gasteiger charge is 2.18. The molecule has 0 saturated carbocycles. The summed E-state index contributed by atoms with van der Waals surface area (Å²) in [5.41, 5.74) is 1.97. The summed E-state index contributed by atoms with van der Waals surface area (Å²) in [5.74, 6) is -0.500. The van der Waals surface area contributed by atoms with Crippen LogP contribution in [0.15, 0.2) is 42.5 Å². The molecule has 134 valence electrons. The van der Waals surface area contributed by atoms with E-state index in [0.29, 0.717) is 35.9 Å². The summed E-state index contributed by atoms with van der Waals surface area (Å²) in [7, 11) is 0. The van der Waals surface area contributed by atoms with Crippen molar-refractivity contribution in [3.63, 3.8) is 0 Å². The first-order valence-electron chi connectivity index (χ1n) is 7.78. The normalized spacial score (nSPS) is 16.8. The van der Waals surface area contributed by atoms with Gasteiger partial charge in [0.15, 0.2) is 0 Å². The Bertz CT molecular complexity index is 720. The lowest BCUT2D eigenvalue weighted by atomic mass is 10.0. The maximum Gasteiger partial charge on any atom is 0.226 e. The molecule has 1 amide bonds. The first-order valence-corrected chi connectivity index (χ1v) is 8.16. The van der Waals surface area contributed by atoms with Gasteiger partial charge in [-0.2, -0.15) is 0 Å². The molecule has 0 aromatic heterocycles. The fourth-order valence-electron chi connectivity index (χ4n) is 2.67. The summed E-state index contributed by atoms with van der Waals surface area (Å²) in [5, 5.41) is 6.70. The number of benzene rings is 2. The molecule has 2 N–H and O–H groups in total. The number of morpholine rings is 1. The first-order chi connectivity index (χ1) is 11.6. The number of hydrogen-bond acceptors (Lipinski definition) is 3. The van der Waals surface area contributed by atoms with E-state index in [4.69, 9.17) is 16.3 Å². The van der Waals surface area contributed by atoms with Crippen molar-refractivity contribution in [2.45, 2.75) is 12.5 Å². The summed E-state index contributed by atoms with van der Waals surface area (Å²) in [6.07, 6.45) is 0.303. The van der Waals surface area contributed by atoms with E-state index in [1.165, 1.54) is 12.1 Å². The number of nitrogens with one attached hydrogen (secondary N) is 2. The Balaban J connectivity index is 0.00000225. The minimum atomic E-state index is -0.361. The van der Waals surface area contributed by atoms with Gasteiger partial charge < -0.3 is 15.4 Å². The smallest absolute Gasteiger partial charge is 0.226 e. The average molecular weight is 385 g/mol. The molecule has 1 saturated heterocycles. The van der Waals surface area contributed by atoms with Crippen LogP contribution in [0.5, 0.6) is 0 Å². The lowest BCUT2D eigenvalue weighted by Crippen LogP contribution is -2.43. The first kappa shape index (κ1) is 19.7. The fraction of sp³-hybridized carbons (Fsp3) is 0.278. The molecule has 25 heavy (non-hydrogen) atoms. The van der Waals surface area contributed by atoms with E-state index in [2.05, 4.69) is 10.6 Å². The van der Waals surface area contributed by atoms with E-state index < -0.39 is 0 Å². The number of rotatable bonds is 4. The molecule has 0 aliphatic carbocycles. The van der Waals surface area contributed by atoms with Gasteiger partial charge in [-0.05, 0) is 35.9 Å². The Morgan fingerprint density at radius 2 is 2.04 bits per heavy atom. The molecule has 1 atom stereocenters. The van der Waals surface area contributed by atoms with Crippen LogP contribution >= 0.6 is 24.0 Å². The van der Waals surface area contributed by atoms with Gasteiger partial charge in [0.1, 0.15) is 5.82 Å². The SMILES string of the molecule is Cl.O=C(CC1COCCN1)Nc1ccc(F)cc1-c1ccc(Cl)cc1. The number of carbonyl (C=O) groups is 1. The molecular formula is C18H19Cl2FN2O2. The number of ether oxygens (including phenoxy) is 1. The minimum Gasteiger partial charge on any atom is -0.378 e. The Hall–Kier alpha value is -1.66. The third-order valence-electron chi connectivity index (χ3n) is 3.84. The molecule has 1 aliphatic heterocycles. The summed E-state index contributed by atoms with van der Waals surface area (Å²) >= 11 is 5.90. The van der Waals surface area contributed by atoms with E-state index in [0.717, 1.165) is 12.1 Å². The quantitative estimate of drug-likeness (QED) is 0.840. The zero-order valence-electron chi connectivity index (χ0n) is 13.4. The van der Waals surface area contributed by atoms with Crippen LogP contribution in [0.3, 0.4) is 0 Å². The molecule has 1 aliphatic rings. The summed E-state index contributed by atoms with van der Waals surface area (Å²) in [4.78, 5) is 12.3. The van der Waals surface area contributed by atoms with Crippen molar-refractivity contribution in [1.82, 2.24) is 5.32 Å². The van der Waals surface area contributed by atoms with Gasteiger partial charge in [-0.1, -0.05) is 23.7 Å². The van der Waals surface area contributed by atoms with Crippen LogP contribution in [0.25, 0.3) is 11.1 Å². The van der Waals surface area contributed by atoms with Crippen molar-refractivity contribution in [3.8, 4) is 11.1 Å². The predicted octanol–water partition coefficient (Wildman–Crippen LogP) is 3.88. The molecule has 7 heteroatoms. The molecule has 1 fully saturated rings. The van der Waals surface area contributed by atoms with E-state index >= 15 is 0 Å². The van der Waals surface area contributed by atoms with E-state index in [9.17, 15) is 9.18 Å². The second-order valence-corrected chi connectivity index (χ2v) is 6.11. The van der Waals surface area contributed by atoms with Gasteiger partial charge >= 0.3 is 0 Å². The zero-order valence-corrected chi connectivity index (χ0v) is 15.0. The maximum atomic E-state index is 13.7. The topological polar surface area (TPSA) is 50.4 Å². The van der Waals surface area contributed by atoms with Crippen molar-refractivity contribution in [1.29, 1.82) is 0 Å². The van der Waals surface area contributed by atoms with Gasteiger partial charge in [0.25, 0.3) is 0 Å². The summed E-state index contributed by atoms with van der Waals surface area (Å²) < 4.78 is 19.0. The summed E-state index contributed by atoms with van der Waals surface area (Å²) in [6.45, 7) is 1.92. The van der Waals surface area contributed by atoms with Crippen LogP contribution in [0, 0.1) is 5.82 Å². The molecule has 1 unspecified atom stereocenters. The largest absolute Gasteiger partial charge is 0.378 e. The fourth-order valence-corrected chi connectivity index (χ4v) is 2.80. The molecule has 4 nitrogen and oxygen atoms in total. The van der Waals surface area contributed by atoms with Crippen LogP contribution in [-0.2, 0) is 9.53 Å². The Labute approximate surface area is 157 Å². The highest BCUT2D eigenvalue weighted by Crippen LogP contribution is 2.30.